The minimum absolute atomic E-state index is 0.128. The van der Waals surface area contributed by atoms with E-state index in [4.69, 9.17) is 0 Å². The SMILES string of the molecule is O=C(NCc1ccc(C(=O)Nc2ccc(N3CCN(c4ccccc4)CC3)nc2)cc1)c1ccccc1. The first-order chi connectivity index (χ1) is 18.2. The zero-order chi connectivity index (χ0) is 25.5. The van der Waals surface area contributed by atoms with Gasteiger partial charge in [-0.3, -0.25) is 9.59 Å². The van der Waals surface area contributed by atoms with Crippen molar-refractivity contribution in [2.75, 3.05) is 41.3 Å². The lowest BCUT2D eigenvalue weighted by Crippen LogP contribution is -2.46. The van der Waals surface area contributed by atoms with Crippen molar-refractivity contribution in [2.24, 2.45) is 0 Å². The number of rotatable bonds is 7. The molecule has 7 heteroatoms. The summed E-state index contributed by atoms with van der Waals surface area (Å²) in [6.45, 7) is 4.06. The fourth-order valence-corrected chi connectivity index (χ4v) is 4.33. The number of aromatic nitrogens is 1. The van der Waals surface area contributed by atoms with Crippen LogP contribution in [0.1, 0.15) is 26.3 Å². The highest BCUT2D eigenvalue weighted by Crippen LogP contribution is 2.20. The van der Waals surface area contributed by atoms with E-state index in [-0.39, 0.29) is 11.8 Å². The van der Waals surface area contributed by atoms with Crippen LogP contribution >= 0.6 is 0 Å². The maximum Gasteiger partial charge on any atom is 0.255 e. The van der Waals surface area contributed by atoms with E-state index in [0.29, 0.717) is 23.4 Å². The van der Waals surface area contributed by atoms with E-state index in [0.717, 1.165) is 37.6 Å². The number of para-hydroxylation sites is 1. The van der Waals surface area contributed by atoms with E-state index in [9.17, 15) is 9.59 Å². The van der Waals surface area contributed by atoms with Crippen LogP contribution in [0.2, 0.25) is 0 Å². The average molecular weight is 492 g/mol. The highest BCUT2D eigenvalue weighted by molar-refractivity contribution is 6.04. The summed E-state index contributed by atoms with van der Waals surface area (Å²) in [6.07, 6.45) is 1.70. The Kier molecular flexibility index (Phi) is 7.41. The standard InChI is InChI=1S/C30H29N5O2/c36-29(24-7-3-1-4-8-24)32-21-23-11-13-25(14-12-23)30(37)33-26-15-16-28(31-22-26)35-19-17-34(18-20-35)27-9-5-2-6-10-27/h1-16,22H,17-21H2,(H,32,36)(H,33,37). The largest absolute Gasteiger partial charge is 0.368 e. The second-order valence-electron chi connectivity index (χ2n) is 8.91. The number of carbonyl (C=O) groups is 2. The van der Waals surface area contributed by atoms with Crippen LogP contribution in [0.15, 0.2) is 103 Å². The summed E-state index contributed by atoms with van der Waals surface area (Å²) in [7, 11) is 0. The summed E-state index contributed by atoms with van der Waals surface area (Å²) >= 11 is 0. The van der Waals surface area contributed by atoms with Crippen LogP contribution in [0, 0.1) is 0 Å². The number of nitrogens with zero attached hydrogens (tertiary/aromatic N) is 3. The van der Waals surface area contributed by atoms with Gasteiger partial charge >= 0.3 is 0 Å². The van der Waals surface area contributed by atoms with Gasteiger partial charge in [0.2, 0.25) is 0 Å². The molecule has 2 N–H and O–H groups in total. The molecular weight excluding hydrogens is 462 g/mol. The van der Waals surface area contributed by atoms with E-state index in [1.54, 1.807) is 30.5 Å². The van der Waals surface area contributed by atoms with Crippen molar-refractivity contribution in [3.8, 4) is 0 Å². The van der Waals surface area contributed by atoms with Crippen molar-refractivity contribution >= 4 is 29.0 Å². The molecule has 0 radical (unpaired) electrons. The third-order valence-corrected chi connectivity index (χ3v) is 6.44. The van der Waals surface area contributed by atoms with Crippen molar-refractivity contribution in [2.45, 2.75) is 6.54 Å². The Bertz CT molecular complexity index is 1320. The van der Waals surface area contributed by atoms with Gasteiger partial charge in [-0.1, -0.05) is 48.5 Å². The molecular formula is C30H29N5O2. The number of hydrogen-bond donors (Lipinski definition) is 2. The summed E-state index contributed by atoms with van der Waals surface area (Å²) in [5, 5.41) is 5.80. The molecule has 0 bridgehead atoms. The van der Waals surface area contributed by atoms with E-state index < -0.39 is 0 Å². The first-order valence-corrected chi connectivity index (χ1v) is 12.4. The molecule has 1 aromatic heterocycles. The predicted molar refractivity (Wildman–Crippen MR) is 147 cm³/mol. The molecule has 0 atom stereocenters. The number of carbonyl (C=O) groups excluding carboxylic acids is 2. The molecule has 37 heavy (non-hydrogen) atoms. The Morgan fingerprint density at radius 3 is 1.95 bits per heavy atom. The minimum atomic E-state index is -0.203. The second-order valence-corrected chi connectivity index (χ2v) is 8.91. The van der Waals surface area contributed by atoms with Crippen molar-refractivity contribution in [3.05, 3.63) is 120 Å². The topological polar surface area (TPSA) is 77.6 Å². The van der Waals surface area contributed by atoms with E-state index in [1.165, 1.54) is 5.69 Å². The Balaban J connectivity index is 1.11. The number of nitrogens with one attached hydrogen (secondary N) is 2. The Hall–Kier alpha value is -4.65. The lowest BCUT2D eigenvalue weighted by atomic mass is 10.1. The monoisotopic (exact) mass is 491 g/mol. The summed E-state index contributed by atoms with van der Waals surface area (Å²) < 4.78 is 0. The molecule has 0 aliphatic carbocycles. The maximum atomic E-state index is 12.7. The van der Waals surface area contributed by atoms with Crippen molar-refractivity contribution in [3.63, 3.8) is 0 Å². The van der Waals surface area contributed by atoms with Crippen molar-refractivity contribution < 1.29 is 9.59 Å². The lowest BCUT2D eigenvalue weighted by Gasteiger charge is -2.36. The molecule has 1 aliphatic heterocycles. The number of hydrogen-bond acceptors (Lipinski definition) is 5. The van der Waals surface area contributed by atoms with Crippen molar-refractivity contribution in [1.82, 2.24) is 10.3 Å². The summed E-state index contributed by atoms with van der Waals surface area (Å²) in [5.74, 6) is 0.579. The quantitative estimate of drug-likeness (QED) is 0.395. The van der Waals surface area contributed by atoms with Crippen LogP contribution in [0.3, 0.4) is 0 Å². The molecule has 186 valence electrons. The van der Waals surface area contributed by atoms with E-state index in [2.05, 4.69) is 49.7 Å². The van der Waals surface area contributed by atoms with Gasteiger partial charge in [-0.05, 0) is 54.1 Å². The Morgan fingerprint density at radius 2 is 1.30 bits per heavy atom. The number of amides is 2. The molecule has 5 rings (SSSR count). The predicted octanol–water partition coefficient (Wildman–Crippen LogP) is 4.59. The Morgan fingerprint density at radius 1 is 0.676 bits per heavy atom. The smallest absolute Gasteiger partial charge is 0.255 e. The van der Waals surface area contributed by atoms with E-state index >= 15 is 0 Å². The first kappa shape index (κ1) is 24.1. The molecule has 4 aromatic rings. The molecule has 0 unspecified atom stereocenters. The zero-order valence-electron chi connectivity index (χ0n) is 20.5. The van der Waals surface area contributed by atoms with Crippen LogP contribution in [-0.4, -0.2) is 43.0 Å². The molecule has 0 saturated carbocycles. The molecule has 2 amide bonds. The van der Waals surface area contributed by atoms with Crippen LogP contribution in [0.25, 0.3) is 0 Å². The summed E-state index contributed by atoms with van der Waals surface area (Å²) in [6, 6.07) is 30.6. The van der Waals surface area contributed by atoms with Gasteiger partial charge in [0.15, 0.2) is 0 Å². The molecule has 1 aliphatic rings. The number of benzene rings is 3. The van der Waals surface area contributed by atoms with Gasteiger partial charge in [0.05, 0.1) is 11.9 Å². The van der Waals surface area contributed by atoms with Crippen LogP contribution in [0.4, 0.5) is 17.2 Å². The highest BCUT2D eigenvalue weighted by Gasteiger charge is 2.18. The Labute approximate surface area is 216 Å². The third-order valence-electron chi connectivity index (χ3n) is 6.44. The van der Waals surface area contributed by atoms with Gasteiger partial charge in [-0.15, -0.1) is 0 Å². The maximum absolute atomic E-state index is 12.7. The lowest BCUT2D eigenvalue weighted by molar-refractivity contribution is 0.0949. The van der Waals surface area contributed by atoms with Gasteiger partial charge in [0.1, 0.15) is 5.82 Å². The van der Waals surface area contributed by atoms with Crippen molar-refractivity contribution in [1.29, 1.82) is 0 Å². The number of pyridine rings is 1. The molecule has 1 fully saturated rings. The van der Waals surface area contributed by atoms with Gasteiger partial charge in [0, 0.05) is 49.5 Å². The molecule has 7 nitrogen and oxygen atoms in total. The number of anilines is 3. The highest BCUT2D eigenvalue weighted by atomic mass is 16.2. The molecule has 0 spiro atoms. The van der Waals surface area contributed by atoms with Gasteiger partial charge < -0.3 is 20.4 Å². The fraction of sp³-hybridized carbons (Fsp3) is 0.167. The average Bonchev–Trinajstić information content (AvgIpc) is 2.97. The summed E-state index contributed by atoms with van der Waals surface area (Å²) in [4.78, 5) is 34.1. The molecule has 1 saturated heterocycles. The molecule has 2 heterocycles. The van der Waals surface area contributed by atoms with Gasteiger partial charge in [0.25, 0.3) is 11.8 Å². The van der Waals surface area contributed by atoms with E-state index in [1.807, 2.05) is 48.5 Å². The summed E-state index contributed by atoms with van der Waals surface area (Å²) in [5.41, 5.74) is 3.97. The van der Waals surface area contributed by atoms with Crippen LogP contribution in [-0.2, 0) is 6.54 Å². The fourth-order valence-electron chi connectivity index (χ4n) is 4.33. The normalized spacial score (nSPS) is 13.2. The second kappa shape index (κ2) is 11.4. The third kappa shape index (κ3) is 6.13. The number of piperazine rings is 1. The van der Waals surface area contributed by atoms with Crippen LogP contribution in [0.5, 0.6) is 0 Å². The van der Waals surface area contributed by atoms with Gasteiger partial charge in [-0.25, -0.2) is 4.98 Å². The molecule has 3 aromatic carbocycles. The van der Waals surface area contributed by atoms with Gasteiger partial charge in [-0.2, -0.15) is 0 Å². The zero-order valence-corrected chi connectivity index (χ0v) is 20.5. The van der Waals surface area contributed by atoms with Crippen LogP contribution < -0.4 is 20.4 Å². The first-order valence-electron chi connectivity index (χ1n) is 12.4. The minimum Gasteiger partial charge on any atom is -0.368 e.